The fraction of sp³-hybridized carbons (Fsp3) is 1.00. The molecule has 96 valence electrons. The molecule has 1 rings (SSSR count). The normalized spacial score (nSPS) is 24.4. The maximum absolute atomic E-state index is 3.79. The van der Waals surface area contributed by atoms with Crippen molar-refractivity contribution >= 4 is 0 Å². The summed E-state index contributed by atoms with van der Waals surface area (Å²) >= 11 is 0. The third-order valence-electron chi connectivity index (χ3n) is 3.51. The quantitative estimate of drug-likeness (QED) is 0.727. The van der Waals surface area contributed by atoms with E-state index >= 15 is 0 Å². The highest BCUT2D eigenvalue weighted by atomic mass is 15.0. The molecular weight excluding hydrogens is 196 g/mol. The second-order valence-corrected chi connectivity index (χ2v) is 5.77. The molecule has 0 aromatic heterocycles. The smallest absolute Gasteiger partial charge is 0.00820 e. The minimum absolute atomic E-state index is 0.696. The zero-order valence-electron chi connectivity index (χ0n) is 11.4. The van der Waals surface area contributed by atoms with Gasteiger partial charge in [0.2, 0.25) is 0 Å². The van der Waals surface area contributed by atoms with Crippen LogP contribution in [0.2, 0.25) is 0 Å². The molecule has 1 aliphatic heterocycles. The summed E-state index contributed by atoms with van der Waals surface area (Å²) in [6.07, 6.45) is 8.06. The topological polar surface area (TPSA) is 24.1 Å². The van der Waals surface area contributed by atoms with Crippen LogP contribution in [0.15, 0.2) is 0 Å². The molecule has 1 saturated heterocycles. The second kappa shape index (κ2) is 8.08. The van der Waals surface area contributed by atoms with Gasteiger partial charge in [-0.05, 0) is 51.6 Å². The molecule has 2 atom stereocenters. The lowest BCUT2D eigenvalue weighted by atomic mass is 10.0. The highest BCUT2D eigenvalue weighted by Gasteiger charge is 2.13. The van der Waals surface area contributed by atoms with Crippen molar-refractivity contribution in [2.75, 3.05) is 13.1 Å². The molecule has 2 nitrogen and oxygen atoms in total. The van der Waals surface area contributed by atoms with Gasteiger partial charge in [-0.25, -0.2) is 0 Å². The summed E-state index contributed by atoms with van der Waals surface area (Å²) in [6, 6.07) is 1.45. The Kier molecular flexibility index (Phi) is 7.06. The summed E-state index contributed by atoms with van der Waals surface area (Å²) in [4.78, 5) is 0. The predicted octanol–water partition coefficient (Wildman–Crippen LogP) is 2.93. The Hall–Kier alpha value is -0.0800. The molecule has 0 bridgehead atoms. The van der Waals surface area contributed by atoms with Crippen LogP contribution in [0.5, 0.6) is 0 Å². The van der Waals surface area contributed by atoms with Crippen LogP contribution in [0.1, 0.15) is 59.3 Å². The summed E-state index contributed by atoms with van der Waals surface area (Å²) in [6.45, 7) is 9.37. The minimum atomic E-state index is 0.696. The first-order valence-electron chi connectivity index (χ1n) is 7.15. The van der Waals surface area contributed by atoms with E-state index in [1.807, 2.05) is 0 Å². The summed E-state index contributed by atoms with van der Waals surface area (Å²) in [5.74, 6) is 0.856. The molecule has 16 heavy (non-hydrogen) atoms. The van der Waals surface area contributed by atoms with Gasteiger partial charge in [-0.2, -0.15) is 0 Å². The van der Waals surface area contributed by atoms with Gasteiger partial charge in [-0.15, -0.1) is 0 Å². The highest BCUT2D eigenvalue weighted by molar-refractivity contribution is 4.75. The first-order valence-corrected chi connectivity index (χ1v) is 7.15. The van der Waals surface area contributed by atoms with Gasteiger partial charge in [0.25, 0.3) is 0 Å². The van der Waals surface area contributed by atoms with Crippen LogP contribution in [-0.2, 0) is 0 Å². The van der Waals surface area contributed by atoms with Gasteiger partial charge < -0.3 is 10.6 Å². The lowest BCUT2D eigenvalue weighted by Crippen LogP contribution is -2.37. The Morgan fingerprint density at radius 2 is 1.94 bits per heavy atom. The third kappa shape index (κ3) is 6.49. The van der Waals surface area contributed by atoms with Gasteiger partial charge in [0.1, 0.15) is 0 Å². The lowest BCUT2D eigenvalue weighted by molar-refractivity contribution is 0.383. The van der Waals surface area contributed by atoms with Crippen LogP contribution in [-0.4, -0.2) is 25.2 Å². The Bertz CT molecular complexity index is 160. The van der Waals surface area contributed by atoms with Crippen LogP contribution in [0.4, 0.5) is 0 Å². The average molecular weight is 226 g/mol. The average Bonchev–Trinajstić information content (AvgIpc) is 2.45. The molecule has 2 N–H and O–H groups in total. The number of hydrogen-bond acceptors (Lipinski definition) is 2. The molecule has 0 aromatic rings. The molecule has 0 aromatic carbocycles. The first-order chi connectivity index (χ1) is 7.68. The molecule has 0 radical (unpaired) electrons. The van der Waals surface area contributed by atoms with Gasteiger partial charge >= 0.3 is 0 Å². The number of nitrogens with one attached hydrogen (secondary N) is 2. The molecular formula is C14H30N2. The van der Waals surface area contributed by atoms with E-state index in [0.29, 0.717) is 6.04 Å². The van der Waals surface area contributed by atoms with E-state index in [1.165, 1.54) is 51.6 Å². The predicted molar refractivity (Wildman–Crippen MR) is 71.8 cm³/mol. The molecule has 1 fully saturated rings. The van der Waals surface area contributed by atoms with Gasteiger partial charge in [0.15, 0.2) is 0 Å². The highest BCUT2D eigenvalue weighted by Crippen LogP contribution is 2.11. The van der Waals surface area contributed by atoms with E-state index in [1.54, 1.807) is 0 Å². The zero-order valence-corrected chi connectivity index (χ0v) is 11.4. The lowest BCUT2D eigenvalue weighted by Gasteiger charge is -2.22. The van der Waals surface area contributed by atoms with Crippen LogP contribution in [0, 0.1) is 5.92 Å². The Labute approximate surface area is 102 Å². The number of rotatable bonds is 6. The molecule has 1 heterocycles. The second-order valence-electron chi connectivity index (χ2n) is 5.77. The van der Waals surface area contributed by atoms with E-state index in [-0.39, 0.29) is 0 Å². The number of hydrogen-bond donors (Lipinski definition) is 2. The fourth-order valence-electron chi connectivity index (χ4n) is 2.50. The van der Waals surface area contributed by atoms with Crippen molar-refractivity contribution in [2.24, 2.45) is 5.92 Å². The SMILES string of the molecule is CC(C)CCCC(C)NC1CCCNCC1. The Morgan fingerprint density at radius 3 is 2.69 bits per heavy atom. The zero-order chi connectivity index (χ0) is 11.8. The van der Waals surface area contributed by atoms with Gasteiger partial charge in [-0.1, -0.05) is 26.7 Å². The van der Waals surface area contributed by atoms with Crippen LogP contribution in [0.25, 0.3) is 0 Å². The van der Waals surface area contributed by atoms with E-state index in [2.05, 4.69) is 31.4 Å². The maximum atomic E-state index is 3.79. The van der Waals surface area contributed by atoms with Gasteiger partial charge in [0.05, 0.1) is 0 Å². The van der Waals surface area contributed by atoms with Crippen molar-refractivity contribution in [1.82, 2.24) is 10.6 Å². The summed E-state index contributed by atoms with van der Waals surface area (Å²) in [5.41, 5.74) is 0. The van der Waals surface area contributed by atoms with Crippen molar-refractivity contribution < 1.29 is 0 Å². The molecule has 0 aliphatic carbocycles. The molecule has 0 amide bonds. The van der Waals surface area contributed by atoms with Crippen molar-refractivity contribution in [2.45, 2.75) is 71.4 Å². The monoisotopic (exact) mass is 226 g/mol. The van der Waals surface area contributed by atoms with Crippen molar-refractivity contribution in [3.63, 3.8) is 0 Å². The minimum Gasteiger partial charge on any atom is -0.317 e. The first kappa shape index (κ1) is 14.0. The maximum Gasteiger partial charge on any atom is 0.00820 e. The Morgan fingerprint density at radius 1 is 1.12 bits per heavy atom. The third-order valence-corrected chi connectivity index (χ3v) is 3.51. The van der Waals surface area contributed by atoms with Crippen molar-refractivity contribution in [1.29, 1.82) is 0 Å². The van der Waals surface area contributed by atoms with Crippen molar-refractivity contribution in [3.8, 4) is 0 Å². The standard InChI is InChI=1S/C14H30N2/c1-12(2)6-4-7-13(3)16-14-8-5-10-15-11-9-14/h12-16H,4-11H2,1-3H3. The Balaban J connectivity index is 2.09. The fourth-order valence-corrected chi connectivity index (χ4v) is 2.50. The van der Waals surface area contributed by atoms with Crippen LogP contribution in [0.3, 0.4) is 0 Å². The van der Waals surface area contributed by atoms with Gasteiger partial charge in [0, 0.05) is 12.1 Å². The molecule has 0 spiro atoms. The summed E-state index contributed by atoms with van der Waals surface area (Å²) in [5, 5.41) is 7.26. The molecule has 2 heteroatoms. The van der Waals surface area contributed by atoms with Crippen LogP contribution >= 0.6 is 0 Å². The van der Waals surface area contributed by atoms with Crippen LogP contribution < -0.4 is 10.6 Å². The van der Waals surface area contributed by atoms with E-state index < -0.39 is 0 Å². The summed E-state index contributed by atoms with van der Waals surface area (Å²) in [7, 11) is 0. The van der Waals surface area contributed by atoms with Gasteiger partial charge in [-0.3, -0.25) is 0 Å². The largest absolute Gasteiger partial charge is 0.317 e. The van der Waals surface area contributed by atoms with Crippen molar-refractivity contribution in [3.05, 3.63) is 0 Å². The van der Waals surface area contributed by atoms with E-state index in [0.717, 1.165) is 12.0 Å². The molecule has 0 saturated carbocycles. The van der Waals surface area contributed by atoms with E-state index in [4.69, 9.17) is 0 Å². The molecule has 1 aliphatic rings. The van der Waals surface area contributed by atoms with E-state index in [9.17, 15) is 0 Å². The summed E-state index contributed by atoms with van der Waals surface area (Å²) < 4.78 is 0. The molecule has 2 unspecified atom stereocenters.